The van der Waals surface area contributed by atoms with Crippen LogP contribution in [0.1, 0.15) is 156 Å². The molecule has 0 aliphatic rings. The number of carbonyl (C=O) groups is 6. The highest BCUT2D eigenvalue weighted by atomic mass is 16.5. The molecule has 0 bridgehead atoms. The predicted molar refractivity (Wildman–Crippen MR) is 354 cm³/mol. The highest BCUT2D eigenvalue weighted by Gasteiger charge is 2.24. The van der Waals surface area contributed by atoms with E-state index in [9.17, 15) is 88.2 Å². The summed E-state index contributed by atoms with van der Waals surface area (Å²) in [5.74, 6) is -5.15. The van der Waals surface area contributed by atoms with Crippen molar-refractivity contribution in [3.63, 3.8) is 0 Å². The first-order valence-corrected chi connectivity index (χ1v) is 29.4. The number of amides is 6. The van der Waals surface area contributed by atoms with Gasteiger partial charge in [0.05, 0.1) is 0 Å². The van der Waals surface area contributed by atoms with Crippen LogP contribution in [0.5, 0.6) is 34.5 Å². The number of nitrogens with one attached hydrogen (secondary N) is 6. The molecule has 0 aromatic carbocycles. The first kappa shape index (κ1) is 82.3. The van der Waals surface area contributed by atoms with Crippen LogP contribution in [-0.4, -0.2) is 149 Å². The third-order valence-corrected chi connectivity index (χ3v) is 13.7. The maximum absolute atomic E-state index is 12.0. The summed E-state index contributed by atoms with van der Waals surface area (Å²) in [6.07, 6.45) is 6.02. The van der Waals surface area contributed by atoms with Gasteiger partial charge in [0.2, 0.25) is 0 Å². The molecule has 12 N–H and O–H groups in total. The second-order valence-electron chi connectivity index (χ2n) is 21.0. The molecule has 0 aliphatic carbocycles. The van der Waals surface area contributed by atoms with Gasteiger partial charge in [-0.2, -0.15) is 0 Å². The maximum atomic E-state index is 12.0. The van der Waals surface area contributed by atoms with Crippen molar-refractivity contribution in [2.75, 3.05) is 55.5 Å². The third-order valence-electron chi connectivity index (χ3n) is 13.7. The van der Waals surface area contributed by atoms with Crippen molar-refractivity contribution < 1.29 is 68.9 Å². The van der Waals surface area contributed by atoms with E-state index in [2.05, 4.69) is 31.9 Å². The van der Waals surface area contributed by atoms with E-state index in [0.717, 1.165) is 0 Å². The highest BCUT2D eigenvalue weighted by Crippen LogP contribution is 2.23. The number of aromatic hydroxyl groups is 6. The van der Waals surface area contributed by atoms with Crippen molar-refractivity contribution in [2.45, 2.75) is 122 Å². The molecular formula is C63H90N12O20. The average Bonchev–Trinajstić information content (AvgIpc) is 0.852. The third kappa shape index (κ3) is 20.6. The zero-order valence-corrected chi connectivity index (χ0v) is 57.2. The summed E-state index contributed by atoms with van der Waals surface area (Å²) in [5, 5.41) is 71.7. The Labute approximate surface area is 547 Å². The molecule has 32 nitrogen and oxygen atoms in total. The van der Waals surface area contributed by atoms with Gasteiger partial charge in [0.15, 0.2) is 0 Å². The van der Waals surface area contributed by atoms with Gasteiger partial charge in [-0.05, 0) is 90.0 Å². The molecule has 0 spiro atoms. The summed E-state index contributed by atoms with van der Waals surface area (Å²) in [5.41, 5.74) is -1.26. The number of ether oxygens (including phenoxy) is 2. The van der Waals surface area contributed by atoms with Gasteiger partial charge in [-0.1, -0.05) is 0 Å². The standard InChI is InChI=1S/2C11H16N2O4.2C11H16N2O3.C10H14N2O3.C9H12N2O3/c1-4-17-6-13-5-7(2)9(14)8(11(13)16)10(15)12-3;1-4-17-6-13-7(2)5-8(14)9(11(13)16)10(15)12-3;1-6(2)13-5-7(3)9(14)8(11(13)16)10(15)12-4;1-6(2)13-7(3)5-8(14)9(11(13)16)10(15)12-4;1-4-12-5-6(2)8(13)7(10(12)15)9(14)11-3;1-5-4-11(3)9(14)6(7(5)12)8(13)10-2/h2*5,14H,4,6H2,1-3H3,(H,12,15);2*5-6,14H,1-4H3,(H,12,15);5,13H,4H2,1-3H3,(H,11,14);4,12H,1-3H3,(H,10,13). The van der Waals surface area contributed by atoms with E-state index >= 15 is 0 Å². The van der Waals surface area contributed by atoms with Crippen molar-refractivity contribution >= 4 is 35.4 Å². The molecule has 6 heterocycles. The minimum absolute atomic E-state index is 0.0560. The number of aryl methyl sites for hydroxylation is 8. The summed E-state index contributed by atoms with van der Waals surface area (Å²) in [7, 11) is 9.99. The van der Waals surface area contributed by atoms with Crippen LogP contribution in [0.4, 0.5) is 0 Å². The fraction of sp³-hybridized carbons (Fsp3) is 0.429. The summed E-state index contributed by atoms with van der Waals surface area (Å²) in [4.78, 5) is 140. The first-order valence-electron chi connectivity index (χ1n) is 29.4. The summed E-state index contributed by atoms with van der Waals surface area (Å²) in [6.45, 7) is 24.2. The van der Waals surface area contributed by atoms with Gasteiger partial charge >= 0.3 is 0 Å². The van der Waals surface area contributed by atoms with Crippen molar-refractivity contribution in [3.8, 4) is 34.5 Å². The minimum atomic E-state index is -0.613. The van der Waals surface area contributed by atoms with Crippen LogP contribution in [0, 0.1) is 41.5 Å². The maximum Gasteiger partial charge on any atom is 0.269 e. The van der Waals surface area contributed by atoms with Crippen LogP contribution in [0.3, 0.4) is 0 Å². The fourth-order valence-corrected chi connectivity index (χ4v) is 8.60. The Balaban J connectivity index is 0.000000571. The molecule has 0 radical (unpaired) electrons. The largest absolute Gasteiger partial charge is 0.507 e. The highest BCUT2D eigenvalue weighted by molar-refractivity contribution is 5.99. The van der Waals surface area contributed by atoms with E-state index < -0.39 is 68.8 Å². The van der Waals surface area contributed by atoms with E-state index in [-0.39, 0.29) is 93.4 Å². The lowest BCUT2D eigenvalue weighted by Gasteiger charge is -2.15. The molecule has 6 amide bonds. The van der Waals surface area contributed by atoms with Crippen molar-refractivity contribution in [1.29, 1.82) is 0 Å². The number of rotatable bonds is 15. The monoisotopic (exact) mass is 1330 g/mol. The molecule has 32 heteroatoms. The van der Waals surface area contributed by atoms with Crippen molar-refractivity contribution in [2.24, 2.45) is 7.05 Å². The molecule has 0 saturated carbocycles. The number of pyridine rings is 6. The van der Waals surface area contributed by atoms with E-state index in [1.54, 1.807) is 68.5 Å². The Kier molecular flexibility index (Phi) is 32.6. The molecule has 0 aliphatic heterocycles. The van der Waals surface area contributed by atoms with Gasteiger partial charge in [0, 0.05) is 152 Å². The zero-order chi connectivity index (χ0) is 73.4. The summed E-state index contributed by atoms with van der Waals surface area (Å²) >= 11 is 0. The van der Waals surface area contributed by atoms with Crippen molar-refractivity contribution in [3.05, 3.63) is 166 Å². The minimum Gasteiger partial charge on any atom is -0.507 e. The van der Waals surface area contributed by atoms with Crippen LogP contribution in [0.2, 0.25) is 0 Å². The Morgan fingerprint density at radius 3 is 1.12 bits per heavy atom. The van der Waals surface area contributed by atoms with E-state index in [4.69, 9.17) is 9.47 Å². The summed E-state index contributed by atoms with van der Waals surface area (Å²) in [6, 6.07) is 2.67. The predicted octanol–water partition coefficient (Wildman–Crippen LogP) is 2.04. The van der Waals surface area contributed by atoms with E-state index in [0.29, 0.717) is 53.4 Å². The number of nitrogens with zero attached hydrogens (tertiary/aromatic N) is 6. The molecule has 6 aromatic heterocycles. The van der Waals surface area contributed by atoms with Crippen LogP contribution < -0.4 is 65.3 Å². The molecule has 0 saturated heterocycles. The second kappa shape index (κ2) is 37.7. The number of hydrogen-bond acceptors (Lipinski definition) is 20. The smallest absolute Gasteiger partial charge is 0.269 e. The van der Waals surface area contributed by atoms with Gasteiger partial charge < -0.3 is 90.3 Å². The topological polar surface area (TPSA) is 446 Å². The Morgan fingerprint density at radius 1 is 0.411 bits per heavy atom. The van der Waals surface area contributed by atoms with Gasteiger partial charge in [0.25, 0.3) is 68.8 Å². The lowest BCUT2D eigenvalue weighted by molar-refractivity contribution is 0.0826. The number of hydrogen-bond donors (Lipinski definition) is 12. The molecule has 0 fully saturated rings. The Bertz CT molecular complexity index is 4150. The molecule has 0 unspecified atom stereocenters. The lowest BCUT2D eigenvalue weighted by Crippen LogP contribution is -2.33. The molecule has 522 valence electrons. The van der Waals surface area contributed by atoms with Gasteiger partial charge in [-0.15, -0.1) is 0 Å². The summed E-state index contributed by atoms with van der Waals surface area (Å²) < 4.78 is 18.4. The number of aromatic nitrogens is 6. The normalized spacial score (nSPS) is 10.3. The van der Waals surface area contributed by atoms with E-state index in [1.807, 2.05) is 27.7 Å². The van der Waals surface area contributed by atoms with Gasteiger partial charge in [-0.3, -0.25) is 66.7 Å². The van der Waals surface area contributed by atoms with Crippen LogP contribution >= 0.6 is 0 Å². The molecule has 6 rings (SSSR count). The quantitative estimate of drug-likeness (QED) is 0.0700. The lowest BCUT2D eigenvalue weighted by atomic mass is 10.1. The average molecular weight is 1340 g/mol. The number of carbonyl (C=O) groups excluding carboxylic acids is 6. The Hall–Kier alpha value is -10.8. The van der Waals surface area contributed by atoms with Crippen molar-refractivity contribution in [1.82, 2.24) is 59.3 Å². The zero-order valence-electron chi connectivity index (χ0n) is 57.2. The SMILES string of the molecule is CCOCn1c(C)cc(O)c(C(=O)NC)c1=O.CCOCn1cc(C)c(O)c(C(=O)NC)c1=O.CCn1cc(C)c(O)c(C(=O)NC)c1=O.CNC(=O)c1c(O)c(C)cn(C(C)C)c1=O.CNC(=O)c1c(O)c(C)cn(C)c1=O.CNC(=O)c1c(O)cc(C)n(C(C)C)c1=O. The molecule has 0 atom stereocenters. The molecular weight excluding hydrogens is 1240 g/mol. The molecule has 6 aromatic rings. The fourth-order valence-electron chi connectivity index (χ4n) is 8.60. The van der Waals surface area contributed by atoms with Gasteiger partial charge in [-0.25, -0.2) is 0 Å². The van der Waals surface area contributed by atoms with Crippen LogP contribution in [0.25, 0.3) is 0 Å². The van der Waals surface area contributed by atoms with Crippen LogP contribution in [-0.2, 0) is 36.5 Å². The first-order chi connectivity index (χ1) is 44.3. The molecule has 95 heavy (non-hydrogen) atoms. The second-order valence-corrected chi connectivity index (χ2v) is 21.0. The van der Waals surface area contributed by atoms with E-state index in [1.165, 1.54) is 107 Å². The Morgan fingerprint density at radius 2 is 0.737 bits per heavy atom. The van der Waals surface area contributed by atoms with Gasteiger partial charge in [0.1, 0.15) is 81.3 Å². The van der Waals surface area contributed by atoms with Crippen LogP contribution in [0.15, 0.2) is 65.7 Å².